The zero-order valence-electron chi connectivity index (χ0n) is 13.8. The number of amides is 1. The molecule has 0 aliphatic carbocycles. The first kappa shape index (κ1) is 18.4. The Morgan fingerprint density at radius 1 is 0.926 bits per heavy atom. The summed E-state index contributed by atoms with van der Waals surface area (Å²) in [6.45, 7) is 0. The lowest BCUT2D eigenvalue weighted by atomic mass is 10.1. The number of benzene rings is 2. The van der Waals surface area contributed by atoms with E-state index in [1.807, 2.05) is 59.3 Å². The van der Waals surface area contributed by atoms with Crippen LogP contribution in [0.1, 0.15) is 10.4 Å². The van der Waals surface area contributed by atoms with Gasteiger partial charge in [0.25, 0.3) is 5.91 Å². The number of aromatic nitrogens is 2. The Labute approximate surface area is 181 Å². The number of pyridine rings is 1. The van der Waals surface area contributed by atoms with Crippen LogP contribution < -0.4 is 5.32 Å². The number of carbonyl (C=O) groups is 1. The normalized spacial score (nSPS) is 10.9. The topological polar surface area (TPSA) is 46.4 Å². The maximum Gasteiger partial charge on any atom is 0.255 e. The minimum Gasteiger partial charge on any atom is -0.322 e. The summed E-state index contributed by atoms with van der Waals surface area (Å²) in [5.41, 5.74) is 3.89. The highest BCUT2D eigenvalue weighted by molar-refractivity contribution is 9.11. The van der Waals surface area contributed by atoms with Crippen LogP contribution >= 0.6 is 47.8 Å². The summed E-state index contributed by atoms with van der Waals surface area (Å²) in [4.78, 5) is 17.2. The van der Waals surface area contributed by atoms with Crippen molar-refractivity contribution in [2.45, 2.75) is 0 Å². The van der Waals surface area contributed by atoms with Gasteiger partial charge in [0.15, 0.2) is 5.65 Å². The number of imidazole rings is 1. The van der Waals surface area contributed by atoms with E-state index in [4.69, 9.17) is 0 Å². The van der Waals surface area contributed by atoms with E-state index in [2.05, 4.69) is 58.1 Å². The Hall–Kier alpha value is -1.96. The predicted octanol–water partition coefficient (Wildman–Crippen LogP) is 6.54. The minimum atomic E-state index is -0.157. The van der Waals surface area contributed by atoms with E-state index in [0.717, 1.165) is 36.0 Å². The summed E-state index contributed by atoms with van der Waals surface area (Å²) in [7, 11) is 0. The fourth-order valence-electron chi connectivity index (χ4n) is 2.75. The number of nitrogens with one attached hydrogen (secondary N) is 1. The van der Waals surface area contributed by atoms with E-state index in [1.165, 1.54) is 0 Å². The summed E-state index contributed by atoms with van der Waals surface area (Å²) in [5, 5.41) is 2.94. The average molecular weight is 550 g/mol. The van der Waals surface area contributed by atoms with E-state index in [9.17, 15) is 4.79 Å². The number of hydrogen-bond donors (Lipinski definition) is 1. The Kier molecular flexibility index (Phi) is 5.16. The van der Waals surface area contributed by atoms with Gasteiger partial charge in [0.2, 0.25) is 0 Å². The largest absolute Gasteiger partial charge is 0.322 e. The maximum atomic E-state index is 12.5. The first-order valence-electron chi connectivity index (χ1n) is 8.01. The molecule has 0 aliphatic rings. The van der Waals surface area contributed by atoms with Crippen molar-refractivity contribution < 1.29 is 4.79 Å². The summed E-state index contributed by atoms with van der Waals surface area (Å²) >= 11 is 10.4. The van der Waals surface area contributed by atoms with Crippen LogP contribution in [0, 0.1) is 0 Å². The number of fused-ring (bicyclic) bond motifs is 1. The van der Waals surface area contributed by atoms with E-state index < -0.39 is 0 Å². The molecule has 0 spiro atoms. The molecule has 0 radical (unpaired) electrons. The van der Waals surface area contributed by atoms with Gasteiger partial charge in [-0.15, -0.1) is 0 Å². The van der Waals surface area contributed by atoms with Crippen LogP contribution in [0.25, 0.3) is 16.9 Å². The molecular formula is C20H12Br3N3O. The lowest BCUT2D eigenvalue weighted by Gasteiger charge is -2.07. The molecular weight excluding hydrogens is 538 g/mol. The lowest BCUT2D eigenvalue weighted by Crippen LogP contribution is -2.11. The molecule has 27 heavy (non-hydrogen) atoms. The molecule has 0 bridgehead atoms. The Morgan fingerprint density at radius 3 is 2.56 bits per heavy atom. The van der Waals surface area contributed by atoms with Gasteiger partial charge in [-0.05, 0) is 68.3 Å². The molecule has 1 N–H and O–H groups in total. The number of nitrogens with zero attached hydrogens (tertiary/aromatic N) is 2. The smallest absolute Gasteiger partial charge is 0.255 e. The van der Waals surface area contributed by atoms with Crippen LogP contribution in [0.4, 0.5) is 5.69 Å². The molecule has 0 atom stereocenters. The predicted molar refractivity (Wildman–Crippen MR) is 118 cm³/mol. The molecule has 4 nitrogen and oxygen atoms in total. The molecule has 2 aromatic carbocycles. The Bertz CT molecular complexity index is 1170. The van der Waals surface area contributed by atoms with Gasteiger partial charge in [-0.2, -0.15) is 0 Å². The molecule has 0 saturated heterocycles. The number of carbonyl (C=O) groups excluding carboxylic acids is 1. The van der Waals surface area contributed by atoms with Crippen LogP contribution in [0.2, 0.25) is 0 Å². The minimum absolute atomic E-state index is 0.157. The maximum absolute atomic E-state index is 12.5. The van der Waals surface area contributed by atoms with Gasteiger partial charge in [0, 0.05) is 38.2 Å². The van der Waals surface area contributed by atoms with Gasteiger partial charge in [-0.3, -0.25) is 4.79 Å². The fraction of sp³-hybridized carbons (Fsp3) is 0. The first-order valence-corrected chi connectivity index (χ1v) is 10.4. The van der Waals surface area contributed by atoms with Crippen LogP contribution in [0.15, 0.2) is 80.4 Å². The zero-order valence-corrected chi connectivity index (χ0v) is 18.5. The van der Waals surface area contributed by atoms with Crippen molar-refractivity contribution >= 4 is 65.0 Å². The second kappa shape index (κ2) is 7.58. The molecule has 0 aliphatic heterocycles. The van der Waals surface area contributed by atoms with Gasteiger partial charge in [-0.25, -0.2) is 4.98 Å². The van der Waals surface area contributed by atoms with Crippen molar-refractivity contribution in [3.63, 3.8) is 0 Å². The third kappa shape index (κ3) is 4.00. The highest BCUT2D eigenvalue weighted by Crippen LogP contribution is 2.27. The van der Waals surface area contributed by atoms with Crippen molar-refractivity contribution in [1.29, 1.82) is 0 Å². The van der Waals surface area contributed by atoms with Gasteiger partial charge < -0.3 is 9.72 Å². The van der Waals surface area contributed by atoms with E-state index in [-0.39, 0.29) is 5.91 Å². The number of rotatable bonds is 3. The van der Waals surface area contributed by atoms with Gasteiger partial charge in [0.05, 0.1) is 10.2 Å². The van der Waals surface area contributed by atoms with Crippen molar-refractivity contribution in [2.24, 2.45) is 0 Å². The molecule has 1 amide bonds. The third-order valence-corrected chi connectivity index (χ3v) is 5.49. The van der Waals surface area contributed by atoms with Crippen LogP contribution in [-0.2, 0) is 0 Å². The van der Waals surface area contributed by atoms with Crippen molar-refractivity contribution in [3.05, 3.63) is 86.0 Å². The Balaban J connectivity index is 1.65. The quantitative estimate of drug-likeness (QED) is 0.315. The second-order valence-electron chi connectivity index (χ2n) is 5.91. The average Bonchev–Trinajstić information content (AvgIpc) is 3.06. The molecule has 7 heteroatoms. The molecule has 4 rings (SSSR count). The molecule has 0 fully saturated rings. The van der Waals surface area contributed by atoms with E-state index >= 15 is 0 Å². The number of anilines is 1. The van der Waals surface area contributed by atoms with Gasteiger partial charge >= 0.3 is 0 Å². The van der Waals surface area contributed by atoms with E-state index in [0.29, 0.717) is 5.56 Å². The van der Waals surface area contributed by atoms with E-state index in [1.54, 1.807) is 12.1 Å². The van der Waals surface area contributed by atoms with Gasteiger partial charge in [0.1, 0.15) is 0 Å². The summed E-state index contributed by atoms with van der Waals surface area (Å²) in [6.07, 6.45) is 3.91. The molecule has 134 valence electrons. The lowest BCUT2D eigenvalue weighted by molar-refractivity contribution is 0.102. The number of hydrogen-bond acceptors (Lipinski definition) is 2. The summed E-state index contributed by atoms with van der Waals surface area (Å²) in [5.74, 6) is -0.157. The van der Waals surface area contributed by atoms with Crippen molar-refractivity contribution in [1.82, 2.24) is 9.38 Å². The highest BCUT2D eigenvalue weighted by Gasteiger charge is 2.10. The second-order valence-corrected chi connectivity index (χ2v) is 8.59. The SMILES string of the molecule is O=C(Nc1cccc(-c2cn3cc(Br)cc(Br)c3n2)c1)c1cccc(Br)c1. The standard InChI is InChI=1S/C20H12Br3N3O/c21-14-5-1-4-13(7-14)20(27)24-16-6-2-3-12(8-16)18-11-26-10-15(22)9-17(23)19(26)25-18/h1-11H,(H,24,27). The summed E-state index contributed by atoms with van der Waals surface area (Å²) in [6, 6.07) is 16.9. The molecule has 2 heterocycles. The summed E-state index contributed by atoms with van der Waals surface area (Å²) < 4.78 is 4.68. The van der Waals surface area contributed by atoms with Crippen LogP contribution in [-0.4, -0.2) is 15.3 Å². The molecule has 4 aromatic rings. The monoisotopic (exact) mass is 547 g/mol. The third-order valence-electron chi connectivity index (χ3n) is 3.98. The Morgan fingerprint density at radius 2 is 1.74 bits per heavy atom. The number of halogens is 3. The fourth-order valence-corrected chi connectivity index (χ4v) is 4.45. The van der Waals surface area contributed by atoms with Crippen LogP contribution in [0.3, 0.4) is 0 Å². The van der Waals surface area contributed by atoms with Crippen molar-refractivity contribution in [2.75, 3.05) is 5.32 Å². The molecule has 0 unspecified atom stereocenters. The first-order chi connectivity index (χ1) is 13.0. The molecule has 0 saturated carbocycles. The van der Waals surface area contributed by atoms with Gasteiger partial charge in [-0.1, -0.05) is 34.1 Å². The molecule has 2 aromatic heterocycles. The van der Waals surface area contributed by atoms with Crippen molar-refractivity contribution in [3.8, 4) is 11.3 Å². The zero-order chi connectivity index (χ0) is 19.0. The highest BCUT2D eigenvalue weighted by atomic mass is 79.9. The van der Waals surface area contributed by atoms with Crippen LogP contribution in [0.5, 0.6) is 0 Å².